The Kier molecular flexibility index (Phi) is 5.02. The van der Waals surface area contributed by atoms with Crippen molar-refractivity contribution >= 4 is 16.0 Å². The lowest BCUT2D eigenvalue weighted by atomic mass is 10.2. The van der Waals surface area contributed by atoms with Crippen LogP contribution in [0.1, 0.15) is 12.0 Å². The summed E-state index contributed by atoms with van der Waals surface area (Å²) < 4.78 is 43.0. The van der Waals surface area contributed by atoms with Gasteiger partial charge in [-0.3, -0.25) is 4.79 Å². The van der Waals surface area contributed by atoms with Crippen LogP contribution in [0, 0.1) is 12.7 Å². The van der Waals surface area contributed by atoms with E-state index in [0.717, 1.165) is 10.4 Å². The van der Waals surface area contributed by atoms with Gasteiger partial charge in [0, 0.05) is 13.6 Å². The van der Waals surface area contributed by atoms with E-state index in [0.29, 0.717) is 5.56 Å². The zero-order valence-electron chi connectivity index (χ0n) is 11.0. The Hall–Kier alpha value is -1.47. The highest BCUT2D eigenvalue weighted by molar-refractivity contribution is 7.89. The number of aryl methyl sites for hydroxylation is 1. The van der Waals surface area contributed by atoms with Crippen molar-refractivity contribution in [1.29, 1.82) is 0 Å². The topological polar surface area (TPSA) is 63.7 Å². The van der Waals surface area contributed by atoms with Crippen molar-refractivity contribution in [3.05, 3.63) is 29.6 Å². The third kappa shape index (κ3) is 3.74. The molecule has 0 unspecified atom stereocenters. The number of benzene rings is 1. The molecular weight excluding hydrogens is 273 g/mol. The average Bonchev–Trinajstić information content (AvgIpc) is 2.38. The summed E-state index contributed by atoms with van der Waals surface area (Å²) >= 11 is 0. The molecule has 0 amide bonds. The monoisotopic (exact) mass is 289 g/mol. The van der Waals surface area contributed by atoms with Gasteiger partial charge in [0.1, 0.15) is 5.82 Å². The molecule has 0 N–H and O–H groups in total. The van der Waals surface area contributed by atoms with Gasteiger partial charge in [0.05, 0.1) is 18.4 Å². The van der Waals surface area contributed by atoms with Crippen molar-refractivity contribution in [2.75, 3.05) is 20.7 Å². The molecule has 0 aromatic heterocycles. The highest BCUT2D eigenvalue weighted by Crippen LogP contribution is 2.17. The van der Waals surface area contributed by atoms with Gasteiger partial charge in [0.15, 0.2) is 0 Å². The van der Waals surface area contributed by atoms with Gasteiger partial charge in [-0.05, 0) is 24.6 Å². The van der Waals surface area contributed by atoms with Crippen molar-refractivity contribution in [3.63, 3.8) is 0 Å². The van der Waals surface area contributed by atoms with Crippen LogP contribution in [0.15, 0.2) is 23.1 Å². The van der Waals surface area contributed by atoms with Crippen LogP contribution in [0.2, 0.25) is 0 Å². The number of rotatable bonds is 5. The standard InChI is InChI=1S/C12H16FNO4S/c1-9-4-5-10(8-11(9)13)19(16,17)14(2)7-6-12(15)18-3/h4-5,8H,6-7H2,1-3H3. The predicted molar refractivity (Wildman–Crippen MR) is 67.6 cm³/mol. The van der Waals surface area contributed by atoms with Gasteiger partial charge in [0.2, 0.25) is 10.0 Å². The summed E-state index contributed by atoms with van der Waals surface area (Å²) in [6.07, 6.45) is -0.0550. The van der Waals surface area contributed by atoms with Crippen molar-refractivity contribution in [3.8, 4) is 0 Å². The largest absolute Gasteiger partial charge is 0.469 e. The second-order valence-electron chi connectivity index (χ2n) is 4.06. The summed E-state index contributed by atoms with van der Waals surface area (Å²) in [4.78, 5) is 10.8. The van der Waals surface area contributed by atoms with E-state index in [1.54, 1.807) is 6.92 Å². The molecule has 5 nitrogen and oxygen atoms in total. The fourth-order valence-electron chi connectivity index (χ4n) is 1.38. The van der Waals surface area contributed by atoms with E-state index in [4.69, 9.17) is 0 Å². The molecule has 0 atom stereocenters. The number of esters is 1. The number of hydrogen-bond acceptors (Lipinski definition) is 4. The first kappa shape index (κ1) is 15.6. The zero-order valence-corrected chi connectivity index (χ0v) is 11.8. The maximum atomic E-state index is 13.4. The van der Waals surface area contributed by atoms with Gasteiger partial charge in [-0.25, -0.2) is 17.1 Å². The van der Waals surface area contributed by atoms with E-state index in [1.165, 1.54) is 26.3 Å². The van der Waals surface area contributed by atoms with Crippen LogP contribution in [0.25, 0.3) is 0 Å². The minimum absolute atomic E-state index is 0.0233. The molecule has 1 aromatic carbocycles. The minimum Gasteiger partial charge on any atom is -0.469 e. The van der Waals surface area contributed by atoms with Gasteiger partial charge in [-0.15, -0.1) is 0 Å². The average molecular weight is 289 g/mol. The summed E-state index contributed by atoms with van der Waals surface area (Å²) in [7, 11) is -1.24. The lowest BCUT2D eigenvalue weighted by Crippen LogP contribution is -2.29. The number of halogens is 1. The van der Waals surface area contributed by atoms with Crippen LogP contribution in [-0.2, 0) is 19.6 Å². The first-order chi connectivity index (χ1) is 8.78. The molecule has 0 radical (unpaired) electrons. The molecule has 0 saturated heterocycles. The van der Waals surface area contributed by atoms with Crippen molar-refractivity contribution in [2.45, 2.75) is 18.2 Å². The van der Waals surface area contributed by atoms with Crippen LogP contribution in [-0.4, -0.2) is 39.4 Å². The van der Waals surface area contributed by atoms with Gasteiger partial charge >= 0.3 is 5.97 Å². The van der Waals surface area contributed by atoms with Crippen LogP contribution < -0.4 is 0 Å². The maximum Gasteiger partial charge on any atom is 0.306 e. The third-order valence-electron chi connectivity index (χ3n) is 2.71. The maximum absolute atomic E-state index is 13.4. The van der Waals surface area contributed by atoms with E-state index in [9.17, 15) is 17.6 Å². The van der Waals surface area contributed by atoms with Crippen LogP contribution >= 0.6 is 0 Å². The summed E-state index contributed by atoms with van der Waals surface area (Å²) in [5, 5.41) is 0. The quantitative estimate of drug-likeness (QED) is 0.767. The highest BCUT2D eigenvalue weighted by Gasteiger charge is 2.22. The first-order valence-electron chi connectivity index (χ1n) is 5.58. The number of ether oxygens (including phenoxy) is 1. The molecule has 0 bridgehead atoms. The first-order valence-corrected chi connectivity index (χ1v) is 7.02. The Labute approximate surface area is 112 Å². The molecule has 0 aliphatic carbocycles. The summed E-state index contributed by atoms with van der Waals surface area (Å²) in [5.41, 5.74) is 0.371. The third-order valence-corrected chi connectivity index (χ3v) is 4.56. The summed E-state index contributed by atoms with van der Waals surface area (Å²) in [5.74, 6) is -1.08. The van der Waals surface area contributed by atoms with Crippen LogP contribution in [0.4, 0.5) is 4.39 Å². The lowest BCUT2D eigenvalue weighted by molar-refractivity contribution is -0.140. The molecule has 0 heterocycles. The number of nitrogens with zero attached hydrogens (tertiary/aromatic N) is 1. The molecule has 1 rings (SSSR count). The second kappa shape index (κ2) is 6.12. The van der Waals surface area contributed by atoms with Gasteiger partial charge < -0.3 is 4.74 Å². The molecule has 7 heteroatoms. The Balaban J connectivity index is 2.90. The summed E-state index contributed by atoms with van der Waals surface area (Å²) in [6.45, 7) is 1.53. The molecule has 0 saturated carbocycles. The molecule has 0 aliphatic heterocycles. The fourth-order valence-corrected chi connectivity index (χ4v) is 2.57. The SMILES string of the molecule is COC(=O)CCN(C)S(=O)(=O)c1ccc(C)c(F)c1. The zero-order chi connectivity index (χ0) is 14.6. The van der Waals surface area contributed by atoms with Gasteiger partial charge in [-0.1, -0.05) is 6.07 Å². The molecule has 0 spiro atoms. The highest BCUT2D eigenvalue weighted by atomic mass is 32.2. The predicted octanol–water partition coefficient (Wildman–Crippen LogP) is 1.32. The second-order valence-corrected chi connectivity index (χ2v) is 6.11. The lowest BCUT2D eigenvalue weighted by Gasteiger charge is -2.16. The fraction of sp³-hybridized carbons (Fsp3) is 0.417. The molecular formula is C12H16FNO4S. The number of methoxy groups -OCH3 is 1. The van der Waals surface area contributed by atoms with E-state index in [-0.39, 0.29) is 17.9 Å². The van der Waals surface area contributed by atoms with Crippen molar-refractivity contribution < 1.29 is 22.3 Å². The van der Waals surface area contributed by atoms with E-state index in [2.05, 4.69) is 4.74 Å². The number of carbonyl (C=O) groups excluding carboxylic acids is 1. The Bertz CT molecular complexity index is 571. The Morgan fingerprint density at radius 3 is 2.58 bits per heavy atom. The van der Waals surface area contributed by atoms with E-state index < -0.39 is 21.8 Å². The molecule has 0 aliphatic rings. The van der Waals surface area contributed by atoms with Gasteiger partial charge in [0.25, 0.3) is 0 Å². The molecule has 0 fully saturated rings. The van der Waals surface area contributed by atoms with Crippen LogP contribution in [0.5, 0.6) is 0 Å². The van der Waals surface area contributed by atoms with E-state index >= 15 is 0 Å². The smallest absolute Gasteiger partial charge is 0.306 e. The van der Waals surface area contributed by atoms with Crippen molar-refractivity contribution in [2.24, 2.45) is 0 Å². The van der Waals surface area contributed by atoms with Gasteiger partial charge in [-0.2, -0.15) is 0 Å². The number of carbonyl (C=O) groups is 1. The number of sulfonamides is 1. The Morgan fingerprint density at radius 2 is 2.05 bits per heavy atom. The summed E-state index contributed by atoms with van der Waals surface area (Å²) in [6, 6.07) is 3.71. The molecule has 106 valence electrons. The molecule has 19 heavy (non-hydrogen) atoms. The number of hydrogen-bond donors (Lipinski definition) is 0. The van der Waals surface area contributed by atoms with Crippen LogP contribution in [0.3, 0.4) is 0 Å². The normalized spacial score (nSPS) is 11.6. The minimum atomic E-state index is -3.80. The van der Waals surface area contributed by atoms with Crippen molar-refractivity contribution in [1.82, 2.24) is 4.31 Å². The Morgan fingerprint density at radius 1 is 1.42 bits per heavy atom. The van der Waals surface area contributed by atoms with E-state index in [1.807, 2.05) is 0 Å². The molecule has 1 aromatic rings.